The molecule has 0 N–H and O–H groups in total. The van der Waals surface area contributed by atoms with Gasteiger partial charge in [-0.15, -0.1) is 0 Å². The molecule has 0 amide bonds. The fraction of sp³-hybridized carbons (Fsp3) is 0.500. The smallest absolute Gasteiger partial charge is 0.245 e. The third-order valence-electron chi connectivity index (χ3n) is 2.30. The molecule has 0 radical (unpaired) electrons. The zero-order valence-corrected chi connectivity index (χ0v) is 10.6. The average Bonchev–Trinajstić information content (AvgIpc) is 2.18. The first-order chi connectivity index (χ1) is 7.05. The van der Waals surface area contributed by atoms with E-state index in [-0.39, 0.29) is 0 Å². The van der Waals surface area contributed by atoms with Gasteiger partial charge in [0.25, 0.3) is 0 Å². The lowest BCUT2D eigenvalue weighted by atomic mass is 10.2. The van der Waals surface area contributed by atoms with E-state index in [0.717, 1.165) is 24.2 Å². The highest BCUT2D eigenvalue weighted by Gasteiger charge is 2.17. The summed E-state index contributed by atoms with van der Waals surface area (Å²) in [4.78, 5) is 0. The fourth-order valence-electron chi connectivity index (χ4n) is 1.36. The predicted octanol–water partition coefficient (Wildman–Crippen LogP) is 4.08. The van der Waals surface area contributed by atoms with Gasteiger partial charge in [-0.1, -0.05) is 31.5 Å². The zero-order valence-electron chi connectivity index (χ0n) is 9.69. The van der Waals surface area contributed by atoms with Gasteiger partial charge in [-0.3, -0.25) is 4.57 Å². The standard InChI is InChI=1S/C12H19O2P/c1-4-5-10-15(3,13)14-12-9-7-6-8-11(12)2/h6-9H,4-5,10H2,1-3H3. The van der Waals surface area contributed by atoms with Crippen LogP contribution in [0.4, 0.5) is 0 Å². The van der Waals surface area contributed by atoms with Crippen molar-refractivity contribution in [2.45, 2.75) is 26.7 Å². The SMILES string of the molecule is CCCCP(C)(=O)Oc1ccccc1C. The molecule has 2 nitrogen and oxygen atoms in total. The zero-order chi connectivity index (χ0) is 11.3. The van der Waals surface area contributed by atoms with Crippen LogP contribution in [0.3, 0.4) is 0 Å². The van der Waals surface area contributed by atoms with Crippen LogP contribution in [0.15, 0.2) is 24.3 Å². The Balaban J connectivity index is 2.69. The highest BCUT2D eigenvalue weighted by Crippen LogP contribution is 2.44. The van der Waals surface area contributed by atoms with Gasteiger partial charge in [-0.2, -0.15) is 0 Å². The van der Waals surface area contributed by atoms with Crippen LogP contribution < -0.4 is 4.52 Å². The molecule has 0 saturated heterocycles. The van der Waals surface area contributed by atoms with Crippen LogP contribution in [0.5, 0.6) is 5.75 Å². The Kier molecular flexibility index (Phi) is 4.41. The number of unbranched alkanes of at least 4 members (excludes halogenated alkanes) is 1. The molecule has 0 heterocycles. The van der Waals surface area contributed by atoms with E-state index >= 15 is 0 Å². The highest BCUT2D eigenvalue weighted by atomic mass is 31.2. The maximum absolute atomic E-state index is 12.1. The van der Waals surface area contributed by atoms with Gasteiger partial charge < -0.3 is 4.52 Å². The van der Waals surface area contributed by atoms with Crippen molar-refractivity contribution in [3.8, 4) is 5.75 Å². The topological polar surface area (TPSA) is 26.3 Å². The minimum absolute atomic E-state index is 0.665. The Bertz CT molecular complexity index is 360. The van der Waals surface area contributed by atoms with Gasteiger partial charge in [0.2, 0.25) is 7.37 Å². The number of aryl methyl sites for hydroxylation is 1. The lowest BCUT2D eigenvalue weighted by Crippen LogP contribution is -1.97. The molecule has 0 aliphatic heterocycles. The molecule has 84 valence electrons. The Hall–Kier alpha value is -0.750. The number of rotatable bonds is 5. The quantitative estimate of drug-likeness (QED) is 0.707. The van der Waals surface area contributed by atoms with Crippen molar-refractivity contribution in [1.29, 1.82) is 0 Å². The molecular formula is C12H19O2P. The fourth-order valence-corrected chi connectivity index (χ4v) is 2.96. The molecule has 0 saturated carbocycles. The average molecular weight is 226 g/mol. The van der Waals surface area contributed by atoms with Crippen LogP contribution >= 0.6 is 7.37 Å². The number of benzene rings is 1. The van der Waals surface area contributed by atoms with Crippen LogP contribution in [-0.2, 0) is 4.57 Å². The summed E-state index contributed by atoms with van der Waals surface area (Å²) in [6, 6.07) is 7.70. The Labute approximate surface area is 92.1 Å². The molecule has 3 heteroatoms. The van der Waals surface area contributed by atoms with Gasteiger partial charge in [-0.05, 0) is 25.0 Å². The van der Waals surface area contributed by atoms with E-state index in [2.05, 4.69) is 6.92 Å². The molecule has 0 fully saturated rings. The van der Waals surface area contributed by atoms with E-state index in [1.165, 1.54) is 0 Å². The molecule has 0 aromatic heterocycles. The molecule has 0 spiro atoms. The molecule has 0 bridgehead atoms. The molecule has 0 aliphatic rings. The third-order valence-corrected chi connectivity index (χ3v) is 4.01. The van der Waals surface area contributed by atoms with E-state index in [1.54, 1.807) is 6.66 Å². The minimum Gasteiger partial charge on any atom is -0.443 e. The number of hydrogen-bond acceptors (Lipinski definition) is 2. The summed E-state index contributed by atoms with van der Waals surface area (Å²) in [6.07, 6.45) is 2.67. The van der Waals surface area contributed by atoms with Gasteiger partial charge in [0.1, 0.15) is 5.75 Å². The van der Waals surface area contributed by atoms with Crippen molar-refractivity contribution in [3.05, 3.63) is 29.8 Å². The second-order valence-electron chi connectivity index (χ2n) is 3.95. The van der Waals surface area contributed by atoms with E-state index in [9.17, 15) is 4.57 Å². The van der Waals surface area contributed by atoms with Gasteiger partial charge in [0.15, 0.2) is 0 Å². The summed E-state index contributed by atoms with van der Waals surface area (Å²) >= 11 is 0. The van der Waals surface area contributed by atoms with Crippen molar-refractivity contribution in [3.63, 3.8) is 0 Å². The molecular weight excluding hydrogens is 207 g/mol. The molecule has 1 aromatic rings. The Morgan fingerprint density at radius 2 is 2.00 bits per heavy atom. The van der Waals surface area contributed by atoms with Crippen molar-refractivity contribution in [2.24, 2.45) is 0 Å². The van der Waals surface area contributed by atoms with E-state index in [4.69, 9.17) is 4.52 Å². The second-order valence-corrected chi connectivity index (χ2v) is 6.61. The molecule has 1 unspecified atom stereocenters. The Morgan fingerprint density at radius 3 is 2.60 bits per heavy atom. The summed E-state index contributed by atoms with van der Waals surface area (Å²) in [5.41, 5.74) is 1.04. The lowest BCUT2D eigenvalue weighted by molar-refractivity contribution is 0.483. The van der Waals surface area contributed by atoms with E-state index in [1.807, 2.05) is 31.2 Å². The van der Waals surface area contributed by atoms with Gasteiger partial charge in [0.05, 0.1) is 0 Å². The third kappa shape index (κ3) is 4.09. The van der Waals surface area contributed by atoms with Gasteiger partial charge in [-0.25, -0.2) is 0 Å². The first-order valence-corrected chi connectivity index (χ1v) is 7.62. The van der Waals surface area contributed by atoms with Gasteiger partial charge in [0, 0.05) is 12.8 Å². The first-order valence-electron chi connectivity index (χ1n) is 5.37. The van der Waals surface area contributed by atoms with E-state index in [0.29, 0.717) is 6.16 Å². The summed E-state index contributed by atoms with van der Waals surface area (Å²) in [5.74, 6) is 0.749. The molecule has 1 aromatic carbocycles. The highest BCUT2D eigenvalue weighted by molar-refractivity contribution is 7.58. The van der Waals surface area contributed by atoms with Crippen molar-refractivity contribution < 1.29 is 9.09 Å². The van der Waals surface area contributed by atoms with Crippen LogP contribution in [-0.4, -0.2) is 12.8 Å². The normalized spacial score (nSPS) is 14.6. The maximum Gasteiger partial charge on any atom is 0.245 e. The Morgan fingerprint density at radius 1 is 1.33 bits per heavy atom. The van der Waals surface area contributed by atoms with Crippen molar-refractivity contribution in [2.75, 3.05) is 12.8 Å². The predicted molar refractivity (Wildman–Crippen MR) is 65.1 cm³/mol. The van der Waals surface area contributed by atoms with Crippen LogP contribution in [0.2, 0.25) is 0 Å². The molecule has 15 heavy (non-hydrogen) atoms. The van der Waals surface area contributed by atoms with E-state index < -0.39 is 7.37 Å². The van der Waals surface area contributed by atoms with Crippen molar-refractivity contribution in [1.82, 2.24) is 0 Å². The minimum atomic E-state index is -2.46. The van der Waals surface area contributed by atoms with Crippen LogP contribution in [0.25, 0.3) is 0 Å². The van der Waals surface area contributed by atoms with Crippen LogP contribution in [0.1, 0.15) is 25.3 Å². The monoisotopic (exact) mass is 226 g/mol. The second kappa shape index (κ2) is 5.37. The first kappa shape index (κ1) is 12.3. The summed E-state index contributed by atoms with van der Waals surface area (Å²) < 4.78 is 17.7. The molecule has 1 rings (SSSR count). The summed E-state index contributed by atoms with van der Waals surface area (Å²) in [5, 5.41) is 0. The number of para-hydroxylation sites is 1. The lowest BCUT2D eigenvalue weighted by Gasteiger charge is -2.16. The summed E-state index contributed by atoms with van der Waals surface area (Å²) in [7, 11) is -2.46. The maximum atomic E-state index is 12.1. The van der Waals surface area contributed by atoms with Crippen molar-refractivity contribution >= 4 is 7.37 Å². The largest absolute Gasteiger partial charge is 0.443 e. The van der Waals surface area contributed by atoms with Gasteiger partial charge >= 0.3 is 0 Å². The molecule has 1 atom stereocenters. The van der Waals surface area contributed by atoms with Crippen LogP contribution in [0, 0.1) is 6.92 Å². The number of hydrogen-bond donors (Lipinski definition) is 0. The molecule has 0 aliphatic carbocycles. The summed E-state index contributed by atoms with van der Waals surface area (Å²) in [6.45, 7) is 5.78.